The molecule has 0 unspecified atom stereocenters. The fourth-order valence-electron chi connectivity index (χ4n) is 1.36. The smallest absolute Gasteiger partial charge is 0.127 e. The van der Waals surface area contributed by atoms with Crippen LogP contribution in [0.3, 0.4) is 0 Å². The molecule has 1 heterocycles. The second-order valence-electron chi connectivity index (χ2n) is 3.12. The first-order valence-electron chi connectivity index (χ1n) is 4.67. The summed E-state index contributed by atoms with van der Waals surface area (Å²) in [5.74, 6) is 0. The summed E-state index contributed by atoms with van der Waals surface area (Å²) >= 11 is 5.35. The van der Waals surface area contributed by atoms with Crippen LogP contribution in [0.15, 0.2) is 42.6 Å². The van der Waals surface area contributed by atoms with Crippen molar-refractivity contribution in [3.63, 3.8) is 0 Å². The van der Waals surface area contributed by atoms with Crippen molar-refractivity contribution in [2.75, 3.05) is 6.54 Å². The van der Waals surface area contributed by atoms with Crippen molar-refractivity contribution in [2.45, 2.75) is 6.42 Å². The van der Waals surface area contributed by atoms with Crippen LogP contribution < -0.4 is 5.43 Å². The molecule has 2 rings (SSSR count). The minimum atomic E-state index is 0.821. The van der Waals surface area contributed by atoms with Gasteiger partial charge in [0.25, 0.3) is 0 Å². The zero-order valence-corrected chi connectivity index (χ0v) is 8.63. The molecule has 1 aliphatic heterocycles. The number of hydrazine groups is 1. The van der Waals surface area contributed by atoms with E-state index in [1.54, 1.807) is 0 Å². The molecule has 0 spiro atoms. The zero-order valence-electron chi connectivity index (χ0n) is 7.81. The number of nitrogens with zero attached hydrogens (tertiary/aromatic N) is 1. The Morgan fingerprint density at radius 3 is 2.71 bits per heavy atom. The van der Waals surface area contributed by atoms with Gasteiger partial charge in [-0.2, -0.15) is 0 Å². The molecule has 3 heteroatoms. The Bertz CT molecular complexity index is 346. The molecule has 0 atom stereocenters. The lowest BCUT2D eigenvalue weighted by Crippen LogP contribution is -2.40. The van der Waals surface area contributed by atoms with Crippen molar-refractivity contribution in [3.8, 4) is 0 Å². The van der Waals surface area contributed by atoms with Crippen LogP contribution in [0, 0.1) is 0 Å². The molecule has 0 saturated carbocycles. The van der Waals surface area contributed by atoms with Crippen LogP contribution in [0.25, 0.3) is 0 Å². The first kappa shape index (κ1) is 9.37. The summed E-state index contributed by atoms with van der Waals surface area (Å²) in [7, 11) is 0. The molecule has 0 amide bonds. The topological polar surface area (TPSA) is 15.3 Å². The quantitative estimate of drug-likeness (QED) is 0.705. The van der Waals surface area contributed by atoms with E-state index in [2.05, 4.69) is 11.5 Å². The highest BCUT2D eigenvalue weighted by molar-refractivity contribution is 7.80. The minimum Gasteiger partial charge on any atom is -0.273 e. The largest absolute Gasteiger partial charge is 0.273 e. The number of thiocarbonyl (C=S) groups is 1. The van der Waals surface area contributed by atoms with Gasteiger partial charge in [-0.15, -0.1) is 0 Å². The third-order valence-corrected chi connectivity index (χ3v) is 2.52. The van der Waals surface area contributed by atoms with Crippen molar-refractivity contribution < 1.29 is 0 Å². The molecule has 0 aromatic heterocycles. The summed E-state index contributed by atoms with van der Waals surface area (Å²) in [6.07, 6.45) is 5.17. The molecular weight excluding hydrogens is 192 g/mol. The van der Waals surface area contributed by atoms with Crippen LogP contribution in [-0.2, 0) is 0 Å². The Morgan fingerprint density at radius 2 is 2.07 bits per heavy atom. The molecule has 0 fully saturated rings. The van der Waals surface area contributed by atoms with E-state index in [1.165, 1.54) is 0 Å². The summed E-state index contributed by atoms with van der Waals surface area (Å²) in [4.78, 5) is 0.821. The number of nitrogens with one attached hydrogen (secondary N) is 1. The van der Waals surface area contributed by atoms with Gasteiger partial charge < -0.3 is 0 Å². The maximum atomic E-state index is 5.35. The van der Waals surface area contributed by atoms with Gasteiger partial charge in [-0.25, -0.2) is 5.43 Å². The van der Waals surface area contributed by atoms with Gasteiger partial charge in [-0.05, 0) is 6.42 Å². The molecule has 2 nitrogen and oxygen atoms in total. The van der Waals surface area contributed by atoms with E-state index in [0.29, 0.717) is 0 Å². The summed E-state index contributed by atoms with van der Waals surface area (Å²) in [5, 5.41) is 1.90. The van der Waals surface area contributed by atoms with Crippen LogP contribution in [0.4, 0.5) is 0 Å². The van der Waals surface area contributed by atoms with Gasteiger partial charge in [-0.3, -0.25) is 5.01 Å². The highest BCUT2D eigenvalue weighted by Gasteiger charge is 2.09. The SMILES string of the molecule is S=C(c1ccccc1)N1C=CCCN1. The maximum Gasteiger partial charge on any atom is 0.127 e. The third-order valence-electron chi connectivity index (χ3n) is 2.09. The molecule has 0 saturated heterocycles. The van der Waals surface area contributed by atoms with Gasteiger partial charge in [0, 0.05) is 18.3 Å². The van der Waals surface area contributed by atoms with Crippen LogP contribution >= 0.6 is 12.2 Å². The molecule has 1 aliphatic rings. The standard InChI is InChI=1S/C11H12N2S/c14-11(10-6-2-1-3-7-10)13-9-5-4-8-12-13/h1-3,5-7,9,12H,4,8H2. The zero-order chi connectivity index (χ0) is 9.80. The van der Waals surface area contributed by atoms with Crippen LogP contribution in [-0.4, -0.2) is 16.5 Å². The Kier molecular flexibility index (Phi) is 2.91. The van der Waals surface area contributed by atoms with Gasteiger partial charge in [0.15, 0.2) is 0 Å². The highest BCUT2D eigenvalue weighted by atomic mass is 32.1. The Morgan fingerprint density at radius 1 is 1.29 bits per heavy atom. The average Bonchev–Trinajstić information content (AvgIpc) is 2.30. The molecule has 0 bridgehead atoms. The monoisotopic (exact) mass is 204 g/mol. The Labute approximate surface area is 89.2 Å². The average molecular weight is 204 g/mol. The van der Waals surface area contributed by atoms with Gasteiger partial charge in [0.2, 0.25) is 0 Å². The molecule has 72 valence electrons. The minimum absolute atomic E-state index is 0.821. The highest BCUT2D eigenvalue weighted by Crippen LogP contribution is 2.07. The van der Waals surface area contributed by atoms with E-state index in [1.807, 2.05) is 41.5 Å². The normalized spacial score (nSPS) is 15.6. The Balaban J connectivity index is 2.16. The van der Waals surface area contributed by atoms with E-state index in [9.17, 15) is 0 Å². The van der Waals surface area contributed by atoms with E-state index in [4.69, 9.17) is 12.2 Å². The van der Waals surface area contributed by atoms with Gasteiger partial charge >= 0.3 is 0 Å². The Hall–Kier alpha value is -1.19. The molecular formula is C11H12N2S. The molecule has 14 heavy (non-hydrogen) atoms. The van der Waals surface area contributed by atoms with Crippen molar-refractivity contribution in [1.82, 2.24) is 10.4 Å². The molecule has 1 aromatic carbocycles. The lowest BCUT2D eigenvalue weighted by atomic mass is 10.2. The van der Waals surface area contributed by atoms with E-state index < -0.39 is 0 Å². The third kappa shape index (κ3) is 2.00. The van der Waals surface area contributed by atoms with Gasteiger partial charge in [0.05, 0.1) is 0 Å². The predicted molar refractivity (Wildman–Crippen MR) is 61.7 cm³/mol. The van der Waals surface area contributed by atoms with Gasteiger partial charge in [0.1, 0.15) is 4.99 Å². The fraction of sp³-hybridized carbons (Fsp3) is 0.182. The first-order valence-corrected chi connectivity index (χ1v) is 5.07. The van der Waals surface area contributed by atoms with Crippen LogP contribution in [0.1, 0.15) is 12.0 Å². The van der Waals surface area contributed by atoms with E-state index in [-0.39, 0.29) is 0 Å². The first-order chi connectivity index (χ1) is 6.88. The molecule has 1 N–H and O–H groups in total. The van der Waals surface area contributed by atoms with Crippen molar-refractivity contribution in [1.29, 1.82) is 0 Å². The summed E-state index contributed by atoms with van der Waals surface area (Å²) in [6, 6.07) is 10.0. The second kappa shape index (κ2) is 4.35. The van der Waals surface area contributed by atoms with E-state index >= 15 is 0 Å². The lowest BCUT2D eigenvalue weighted by Gasteiger charge is -2.24. The number of benzene rings is 1. The van der Waals surface area contributed by atoms with Crippen molar-refractivity contribution in [2.24, 2.45) is 0 Å². The molecule has 0 aliphatic carbocycles. The van der Waals surface area contributed by atoms with Crippen LogP contribution in [0.5, 0.6) is 0 Å². The number of hydrogen-bond acceptors (Lipinski definition) is 2. The molecule has 1 aromatic rings. The van der Waals surface area contributed by atoms with Gasteiger partial charge in [-0.1, -0.05) is 48.6 Å². The lowest BCUT2D eigenvalue weighted by molar-refractivity contribution is 0.397. The number of hydrogen-bond donors (Lipinski definition) is 1. The predicted octanol–water partition coefficient (Wildman–Crippen LogP) is 2.09. The fourth-order valence-corrected chi connectivity index (χ4v) is 1.62. The summed E-state index contributed by atoms with van der Waals surface area (Å²) < 4.78 is 0. The van der Waals surface area contributed by atoms with Crippen molar-refractivity contribution in [3.05, 3.63) is 48.2 Å². The summed E-state index contributed by atoms with van der Waals surface area (Å²) in [5.41, 5.74) is 4.29. The summed E-state index contributed by atoms with van der Waals surface area (Å²) in [6.45, 7) is 0.948. The van der Waals surface area contributed by atoms with E-state index in [0.717, 1.165) is 23.5 Å². The maximum absolute atomic E-state index is 5.35. The number of rotatable bonds is 1. The van der Waals surface area contributed by atoms with Crippen LogP contribution in [0.2, 0.25) is 0 Å². The molecule has 0 radical (unpaired) electrons. The van der Waals surface area contributed by atoms with Crippen molar-refractivity contribution >= 4 is 17.2 Å². The second-order valence-corrected chi connectivity index (χ2v) is 3.51.